The Morgan fingerprint density at radius 3 is 0.800 bits per heavy atom. The molecule has 0 spiro atoms. The Labute approximate surface area is 434 Å². The van der Waals surface area contributed by atoms with Gasteiger partial charge in [0.1, 0.15) is 13.2 Å². The quantitative estimate of drug-likeness (QED) is 0.0261. The number of esters is 3. The summed E-state index contributed by atoms with van der Waals surface area (Å²) in [6.45, 7) is 6.57. The zero-order chi connectivity index (χ0) is 50.7. The van der Waals surface area contributed by atoms with Crippen LogP contribution in [0.5, 0.6) is 0 Å². The van der Waals surface area contributed by atoms with Crippen molar-refractivity contribution in [3.8, 4) is 0 Å². The van der Waals surface area contributed by atoms with Crippen molar-refractivity contribution in [2.45, 2.75) is 316 Å². The highest BCUT2D eigenvalue weighted by atomic mass is 16.6. The zero-order valence-corrected chi connectivity index (χ0v) is 46.5. The first-order valence-electron chi connectivity index (χ1n) is 30.3. The fourth-order valence-corrected chi connectivity index (χ4v) is 8.66. The van der Waals surface area contributed by atoms with Gasteiger partial charge in [-0.25, -0.2) is 0 Å². The summed E-state index contributed by atoms with van der Waals surface area (Å²) in [6.07, 6.45) is 73.9. The Hall–Kier alpha value is -2.89. The van der Waals surface area contributed by atoms with E-state index < -0.39 is 6.10 Å². The van der Waals surface area contributed by atoms with E-state index in [1.165, 1.54) is 180 Å². The summed E-state index contributed by atoms with van der Waals surface area (Å²) in [5, 5.41) is 0. The predicted molar refractivity (Wildman–Crippen MR) is 302 cm³/mol. The second-order valence-electron chi connectivity index (χ2n) is 20.3. The number of hydrogen-bond donors (Lipinski definition) is 0. The lowest BCUT2D eigenvalue weighted by molar-refractivity contribution is -0.167. The molecule has 0 aliphatic carbocycles. The molecule has 0 N–H and O–H groups in total. The third kappa shape index (κ3) is 56.0. The molecule has 6 nitrogen and oxygen atoms in total. The first-order valence-corrected chi connectivity index (χ1v) is 30.3. The van der Waals surface area contributed by atoms with E-state index in [-0.39, 0.29) is 31.1 Å². The summed E-state index contributed by atoms with van der Waals surface area (Å²) in [5.41, 5.74) is 0. The molecule has 0 bridgehead atoms. The lowest BCUT2D eigenvalue weighted by atomic mass is 10.0. The molecule has 0 saturated heterocycles. The minimum Gasteiger partial charge on any atom is -0.462 e. The summed E-state index contributed by atoms with van der Waals surface area (Å²) >= 11 is 0. The lowest BCUT2D eigenvalue weighted by Crippen LogP contribution is -2.30. The van der Waals surface area contributed by atoms with E-state index in [2.05, 4.69) is 81.5 Å². The highest BCUT2D eigenvalue weighted by molar-refractivity contribution is 5.71. The molecule has 6 heteroatoms. The molecule has 406 valence electrons. The normalized spacial score (nSPS) is 12.4. The zero-order valence-electron chi connectivity index (χ0n) is 46.5. The Morgan fingerprint density at radius 1 is 0.286 bits per heavy atom. The van der Waals surface area contributed by atoms with Crippen molar-refractivity contribution >= 4 is 17.9 Å². The standard InChI is InChI=1S/C64H114O6/c1-4-7-10-13-16-18-20-22-24-26-28-30-31-32-33-35-36-38-40-42-44-46-48-51-54-57-63(66)69-60-61(59-68-62(65)56-53-50-15-12-9-6-3)70-64(67)58-55-52-49-47-45-43-41-39-37-34-29-27-25-23-21-19-17-14-11-8-5-2/h20-23,26-29,37,39,61H,4-19,24-25,30-36,38,40-60H2,1-3H3/b22-20-,23-21-,28-26-,29-27-,39-37-. The van der Waals surface area contributed by atoms with Gasteiger partial charge in [0.05, 0.1) is 0 Å². The van der Waals surface area contributed by atoms with E-state index in [0.29, 0.717) is 19.3 Å². The van der Waals surface area contributed by atoms with Gasteiger partial charge in [-0.3, -0.25) is 14.4 Å². The molecule has 0 radical (unpaired) electrons. The van der Waals surface area contributed by atoms with E-state index in [4.69, 9.17) is 14.2 Å². The number of hydrogen-bond acceptors (Lipinski definition) is 6. The Balaban J connectivity index is 4.13. The third-order valence-electron chi connectivity index (χ3n) is 13.2. The van der Waals surface area contributed by atoms with Crippen molar-refractivity contribution in [2.24, 2.45) is 0 Å². The van der Waals surface area contributed by atoms with Crippen molar-refractivity contribution in [3.05, 3.63) is 60.8 Å². The minimum absolute atomic E-state index is 0.0783. The SMILES string of the molecule is CCCCCCC/C=C\C/C=C\C/C=C\CCCCCCCCC(=O)OC(COC(=O)CCCCCCCC)COC(=O)CCCCCCCCCCCCCCC/C=C\C/C=C\CCCCCCC. The summed E-state index contributed by atoms with van der Waals surface area (Å²) in [4.78, 5) is 37.9. The van der Waals surface area contributed by atoms with Gasteiger partial charge < -0.3 is 14.2 Å². The largest absolute Gasteiger partial charge is 0.462 e. The van der Waals surface area contributed by atoms with Crippen LogP contribution in [-0.2, 0) is 28.6 Å². The van der Waals surface area contributed by atoms with Crippen LogP contribution in [-0.4, -0.2) is 37.2 Å². The van der Waals surface area contributed by atoms with Crippen LogP contribution in [0, 0.1) is 0 Å². The monoisotopic (exact) mass is 979 g/mol. The maximum Gasteiger partial charge on any atom is 0.306 e. The second-order valence-corrected chi connectivity index (χ2v) is 20.3. The molecule has 0 aromatic rings. The fourth-order valence-electron chi connectivity index (χ4n) is 8.66. The molecule has 1 atom stereocenters. The molecule has 0 saturated carbocycles. The maximum atomic E-state index is 12.8. The number of carbonyl (C=O) groups excluding carboxylic acids is 3. The van der Waals surface area contributed by atoms with Crippen molar-refractivity contribution < 1.29 is 28.6 Å². The average molecular weight is 980 g/mol. The highest BCUT2D eigenvalue weighted by Crippen LogP contribution is 2.16. The van der Waals surface area contributed by atoms with Gasteiger partial charge in [0.15, 0.2) is 6.10 Å². The van der Waals surface area contributed by atoms with Gasteiger partial charge >= 0.3 is 17.9 Å². The number of carbonyl (C=O) groups is 3. The first-order chi connectivity index (χ1) is 34.5. The van der Waals surface area contributed by atoms with Gasteiger partial charge in [0.25, 0.3) is 0 Å². The van der Waals surface area contributed by atoms with Gasteiger partial charge in [0.2, 0.25) is 0 Å². The van der Waals surface area contributed by atoms with Crippen molar-refractivity contribution in [2.75, 3.05) is 13.2 Å². The van der Waals surface area contributed by atoms with Gasteiger partial charge in [0, 0.05) is 19.3 Å². The Kier molecular flexibility index (Phi) is 56.3. The number of allylic oxidation sites excluding steroid dienone is 10. The van der Waals surface area contributed by atoms with Gasteiger partial charge in [-0.15, -0.1) is 0 Å². The van der Waals surface area contributed by atoms with Crippen LogP contribution in [0.4, 0.5) is 0 Å². The molecule has 0 aromatic heterocycles. The summed E-state index contributed by atoms with van der Waals surface area (Å²) < 4.78 is 16.8. The Morgan fingerprint density at radius 2 is 0.514 bits per heavy atom. The molecule has 0 aliphatic rings. The topological polar surface area (TPSA) is 78.9 Å². The van der Waals surface area contributed by atoms with E-state index in [1.54, 1.807) is 0 Å². The summed E-state index contributed by atoms with van der Waals surface area (Å²) in [5.74, 6) is -0.890. The van der Waals surface area contributed by atoms with E-state index in [9.17, 15) is 14.4 Å². The second kappa shape index (κ2) is 58.7. The number of ether oxygens (including phenoxy) is 3. The smallest absolute Gasteiger partial charge is 0.306 e. The van der Waals surface area contributed by atoms with Crippen LogP contribution >= 0.6 is 0 Å². The van der Waals surface area contributed by atoms with Crippen LogP contribution in [0.2, 0.25) is 0 Å². The van der Waals surface area contributed by atoms with Crippen LogP contribution < -0.4 is 0 Å². The van der Waals surface area contributed by atoms with Crippen LogP contribution in [0.3, 0.4) is 0 Å². The van der Waals surface area contributed by atoms with Crippen LogP contribution in [0.25, 0.3) is 0 Å². The lowest BCUT2D eigenvalue weighted by Gasteiger charge is -2.18. The maximum absolute atomic E-state index is 12.8. The average Bonchev–Trinajstić information content (AvgIpc) is 3.36. The molecule has 0 fully saturated rings. The molecule has 70 heavy (non-hydrogen) atoms. The van der Waals surface area contributed by atoms with Gasteiger partial charge in [-0.1, -0.05) is 261 Å². The molecular weight excluding hydrogens is 865 g/mol. The minimum atomic E-state index is -0.778. The molecule has 0 aliphatic heterocycles. The molecule has 0 heterocycles. The van der Waals surface area contributed by atoms with E-state index in [0.717, 1.165) is 89.9 Å². The molecule has 1 unspecified atom stereocenters. The number of unbranched alkanes of at least 4 members (excludes halogenated alkanes) is 34. The first kappa shape index (κ1) is 67.1. The van der Waals surface area contributed by atoms with Crippen molar-refractivity contribution in [1.82, 2.24) is 0 Å². The van der Waals surface area contributed by atoms with Gasteiger partial charge in [-0.2, -0.15) is 0 Å². The van der Waals surface area contributed by atoms with E-state index >= 15 is 0 Å². The molecule has 0 rings (SSSR count). The van der Waals surface area contributed by atoms with Crippen molar-refractivity contribution in [3.63, 3.8) is 0 Å². The summed E-state index contributed by atoms with van der Waals surface area (Å²) in [6, 6.07) is 0. The number of rotatable bonds is 55. The van der Waals surface area contributed by atoms with Crippen LogP contribution in [0.1, 0.15) is 310 Å². The molecule has 0 amide bonds. The van der Waals surface area contributed by atoms with Gasteiger partial charge in [-0.05, 0) is 89.9 Å². The highest BCUT2D eigenvalue weighted by Gasteiger charge is 2.19. The van der Waals surface area contributed by atoms with E-state index in [1.807, 2.05) is 0 Å². The van der Waals surface area contributed by atoms with Crippen molar-refractivity contribution in [1.29, 1.82) is 0 Å². The molecular formula is C64H114O6. The summed E-state index contributed by atoms with van der Waals surface area (Å²) in [7, 11) is 0. The Bertz CT molecular complexity index is 1260. The van der Waals surface area contributed by atoms with Crippen LogP contribution in [0.15, 0.2) is 60.8 Å². The molecule has 0 aromatic carbocycles. The third-order valence-corrected chi connectivity index (χ3v) is 13.2. The predicted octanol–water partition coefficient (Wildman–Crippen LogP) is 20.4. The fraction of sp³-hybridized carbons (Fsp3) is 0.797.